The third-order valence-corrected chi connectivity index (χ3v) is 3.59. The van der Waals surface area contributed by atoms with Gasteiger partial charge in [-0.2, -0.15) is 0 Å². The molecule has 0 bridgehead atoms. The van der Waals surface area contributed by atoms with Gasteiger partial charge in [0.15, 0.2) is 0 Å². The molecule has 1 saturated heterocycles. The molecule has 3 nitrogen and oxygen atoms in total. The second kappa shape index (κ2) is 4.96. The van der Waals surface area contributed by atoms with Crippen LogP contribution >= 0.6 is 0 Å². The third-order valence-electron chi connectivity index (χ3n) is 3.59. The Morgan fingerprint density at radius 1 is 1.35 bits per heavy atom. The van der Waals surface area contributed by atoms with E-state index in [1.54, 1.807) is 0 Å². The van der Waals surface area contributed by atoms with E-state index in [0.29, 0.717) is 0 Å². The van der Waals surface area contributed by atoms with Gasteiger partial charge in [-0.1, -0.05) is 0 Å². The van der Waals surface area contributed by atoms with Crippen molar-refractivity contribution in [2.24, 2.45) is 0 Å². The van der Waals surface area contributed by atoms with E-state index < -0.39 is 0 Å². The average molecular weight is 234 g/mol. The van der Waals surface area contributed by atoms with E-state index >= 15 is 0 Å². The van der Waals surface area contributed by atoms with E-state index in [2.05, 4.69) is 29.3 Å². The van der Waals surface area contributed by atoms with Crippen LogP contribution in [0.3, 0.4) is 0 Å². The molecule has 0 aliphatic carbocycles. The second-order valence-corrected chi connectivity index (χ2v) is 4.91. The molecule has 1 aliphatic heterocycles. The monoisotopic (exact) mass is 234 g/mol. The van der Waals surface area contributed by atoms with E-state index in [1.807, 2.05) is 26.1 Å². The fraction of sp³-hybridized carbons (Fsp3) is 0.571. The smallest absolute Gasteiger partial charge is 0.119 e. The number of ether oxygens (including phenoxy) is 1. The molecule has 0 aromatic heterocycles. The number of hydrogen-bond acceptors (Lipinski definition) is 3. The molecule has 1 atom stereocenters. The molecule has 1 N–H and O–H groups in total. The van der Waals surface area contributed by atoms with Crippen LogP contribution in [0.2, 0.25) is 0 Å². The highest BCUT2D eigenvalue weighted by molar-refractivity contribution is 5.50. The molecule has 94 valence electrons. The van der Waals surface area contributed by atoms with Crippen molar-refractivity contribution in [2.45, 2.75) is 25.8 Å². The summed E-state index contributed by atoms with van der Waals surface area (Å²) < 4.78 is 5.45. The first-order valence-electron chi connectivity index (χ1n) is 6.33. The normalized spacial score (nSPS) is 24.1. The number of anilines is 1. The maximum Gasteiger partial charge on any atom is 0.119 e. The number of hydrogen-bond donors (Lipinski definition) is 1. The first-order valence-corrected chi connectivity index (χ1v) is 6.33. The summed E-state index contributed by atoms with van der Waals surface area (Å²) in [6.45, 7) is 7.19. The van der Waals surface area contributed by atoms with Crippen LogP contribution in [0.4, 0.5) is 5.69 Å². The van der Waals surface area contributed by atoms with Crippen molar-refractivity contribution in [1.82, 2.24) is 5.32 Å². The van der Waals surface area contributed by atoms with Crippen LogP contribution < -0.4 is 15.0 Å². The van der Waals surface area contributed by atoms with E-state index in [1.165, 1.54) is 12.1 Å². The van der Waals surface area contributed by atoms with Crippen molar-refractivity contribution in [3.63, 3.8) is 0 Å². The first-order chi connectivity index (χ1) is 8.17. The van der Waals surface area contributed by atoms with E-state index in [9.17, 15) is 0 Å². The summed E-state index contributed by atoms with van der Waals surface area (Å²) in [6.07, 6.45) is 1.19. The summed E-state index contributed by atoms with van der Waals surface area (Å²) in [4.78, 5) is 2.42. The Kier molecular flexibility index (Phi) is 3.57. The maximum atomic E-state index is 5.45. The van der Waals surface area contributed by atoms with Gasteiger partial charge >= 0.3 is 0 Å². The zero-order valence-electron chi connectivity index (χ0n) is 11.0. The highest BCUT2D eigenvalue weighted by Gasteiger charge is 2.32. The van der Waals surface area contributed by atoms with Crippen molar-refractivity contribution in [1.29, 1.82) is 0 Å². The highest BCUT2D eigenvalue weighted by atomic mass is 16.5. The van der Waals surface area contributed by atoms with Crippen LogP contribution in [0.1, 0.15) is 20.3 Å². The van der Waals surface area contributed by atoms with Crippen LogP contribution in [-0.2, 0) is 0 Å². The van der Waals surface area contributed by atoms with Gasteiger partial charge in [0, 0.05) is 24.3 Å². The molecule has 1 aliphatic rings. The lowest BCUT2D eigenvalue weighted by Gasteiger charge is -2.25. The number of likely N-dealkylation sites (N-methyl/N-ethyl adjacent to an activating group) is 1. The summed E-state index contributed by atoms with van der Waals surface area (Å²) in [5.41, 5.74) is 1.53. The van der Waals surface area contributed by atoms with Gasteiger partial charge in [0.25, 0.3) is 0 Å². The van der Waals surface area contributed by atoms with Gasteiger partial charge in [-0.05, 0) is 51.6 Å². The first kappa shape index (κ1) is 12.2. The fourth-order valence-corrected chi connectivity index (χ4v) is 2.31. The van der Waals surface area contributed by atoms with Crippen molar-refractivity contribution in [3.8, 4) is 5.75 Å². The van der Waals surface area contributed by atoms with Crippen molar-refractivity contribution in [2.75, 3.05) is 31.6 Å². The minimum atomic E-state index is 0.249. The molecule has 0 saturated carbocycles. The summed E-state index contributed by atoms with van der Waals surface area (Å²) >= 11 is 0. The predicted molar refractivity (Wildman–Crippen MR) is 71.9 cm³/mol. The molecule has 17 heavy (non-hydrogen) atoms. The molecule has 1 aromatic carbocycles. The largest absolute Gasteiger partial charge is 0.494 e. The van der Waals surface area contributed by atoms with Gasteiger partial charge in [-0.15, -0.1) is 0 Å². The van der Waals surface area contributed by atoms with Crippen LogP contribution in [0.5, 0.6) is 5.75 Å². The second-order valence-electron chi connectivity index (χ2n) is 4.91. The number of nitrogens with zero attached hydrogens (tertiary/aromatic N) is 1. The Bertz CT molecular complexity index is 363. The van der Waals surface area contributed by atoms with Gasteiger partial charge in [0.05, 0.1) is 6.61 Å². The molecule has 1 unspecified atom stereocenters. The molecule has 1 fully saturated rings. The third kappa shape index (κ3) is 2.72. The molecule has 0 radical (unpaired) electrons. The van der Waals surface area contributed by atoms with Crippen LogP contribution in [-0.4, -0.2) is 32.3 Å². The lowest BCUT2D eigenvalue weighted by molar-refractivity contribution is 0.340. The van der Waals surface area contributed by atoms with Crippen molar-refractivity contribution in [3.05, 3.63) is 24.3 Å². The van der Waals surface area contributed by atoms with E-state index in [4.69, 9.17) is 4.74 Å². The summed E-state index contributed by atoms with van der Waals surface area (Å²) in [5, 5.41) is 3.41. The highest BCUT2D eigenvalue weighted by Crippen LogP contribution is 2.27. The maximum absolute atomic E-state index is 5.45. The predicted octanol–water partition coefficient (Wildman–Crippen LogP) is 2.27. The molecular weight excluding hydrogens is 212 g/mol. The molecule has 3 heteroatoms. The quantitative estimate of drug-likeness (QED) is 0.865. The SMILES string of the molecule is CCOc1ccc(N2CCC(C)(NC)C2)cc1. The summed E-state index contributed by atoms with van der Waals surface area (Å²) in [5.74, 6) is 0.951. The molecule has 1 heterocycles. The van der Waals surface area contributed by atoms with Crippen LogP contribution in [0, 0.1) is 0 Å². The van der Waals surface area contributed by atoms with E-state index in [-0.39, 0.29) is 5.54 Å². The Morgan fingerprint density at radius 2 is 2.06 bits per heavy atom. The summed E-state index contributed by atoms with van der Waals surface area (Å²) in [6, 6.07) is 8.39. The fourth-order valence-electron chi connectivity index (χ4n) is 2.31. The van der Waals surface area contributed by atoms with Gasteiger partial charge in [0.2, 0.25) is 0 Å². The standard InChI is InChI=1S/C14H22N2O/c1-4-17-13-7-5-12(6-8-13)16-10-9-14(2,11-16)15-3/h5-8,15H,4,9-11H2,1-3H3. The number of nitrogens with one attached hydrogen (secondary N) is 1. The van der Waals surface area contributed by atoms with Crippen molar-refractivity contribution < 1.29 is 4.74 Å². The van der Waals surface area contributed by atoms with Crippen LogP contribution in [0.25, 0.3) is 0 Å². The Labute approximate surface area is 104 Å². The zero-order valence-corrected chi connectivity index (χ0v) is 11.0. The van der Waals surface area contributed by atoms with Gasteiger partial charge in [-0.25, -0.2) is 0 Å². The Hall–Kier alpha value is -1.22. The minimum Gasteiger partial charge on any atom is -0.494 e. The van der Waals surface area contributed by atoms with Gasteiger partial charge in [0.1, 0.15) is 5.75 Å². The van der Waals surface area contributed by atoms with Gasteiger partial charge < -0.3 is 15.0 Å². The minimum absolute atomic E-state index is 0.249. The number of benzene rings is 1. The molecule has 2 rings (SSSR count). The zero-order chi connectivity index (χ0) is 12.3. The van der Waals surface area contributed by atoms with Crippen LogP contribution in [0.15, 0.2) is 24.3 Å². The van der Waals surface area contributed by atoms with Crippen molar-refractivity contribution >= 4 is 5.69 Å². The average Bonchev–Trinajstić information content (AvgIpc) is 2.74. The Balaban J connectivity index is 2.04. The summed E-state index contributed by atoms with van der Waals surface area (Å²) in [7, 11) is 2.04. The molecule has 0 spiro atoms. The van der Waals surface area contributed by atoms with E-state index in [0.717, 1.165) is 25.4 Å². The topological polar surface area (TPSA) is 24.5 Å². The molecular formula is C14H22N2O. The lowest BCUT2D eigenvalue weighted by Crippen LogP contribution is -2.42. The Morgan fingerprint density at radius 3 is 2.59 bits per heavy atom. The lowest BCUT2D eigenvalue weighted by atomic mass is 10.0. The number of rotatable bonds is 4. The molecule has 1 aromatic rings. The molecule has 0 amide bonds. The van der Waals surface area contributed by atoms with Gasteiger partial charge in [-0.3, -0.25) is 0 Å².